The van der Waals surface area contributed by atoms with Crippen molar-refractivity contribution in [3.05, 3.63) is 42.0 Å². The molecule has 6 heteroatoms. The normalized spacial score (nSPS) is 10.8. The highest BCUT2D eigenvalue weighted by molar-refractivity contribution is 5.97. The van der Waals surface area contributed by atoms with Crippen LogP contribution in [0.3, 0.4) is 0 Å². The number of hydrogen-bond donors (Lipinski definition) is 3. The van der Waals surface area contributed by atoms with Gasteiger partial charge in [-0.15, -0.1) is 0 Å². The average Bonchev–Trinajstić information content (AvgIpc) is 2.82. The van der Waals surface area contributed by atoms with Gasteiger partial charge in [0.15, 0.2) is 5.58 Å². The van der Waals surface area contributed by atoms with Gasteiger partial charge in [0.05, 0.1) is 0 Å². The number of rotatable bonds is 2. The maximum Gasteiger partial charge on any atom is 0.339 e. The van der Waals surface area contributed by atoms with Crippen LogP contribution in [0, 0.1) is 0 Å². The van der Waals surface area contributed by atoms with E-state index < -0.39 is 11.7 Å². The third kappa shape index (κ3) is 1.74. The summed E-state index contributed by atoms with van der Waals surface area (Å²) in [4.78, 5) is 11.0. The predicted molar refractivity (Wildman–Crippen MR) is 69.7 cm³/mol. The molecule has 6 nitrogen and oxygen atoms in total. The number of phenolic OH excluding ortho intramolecular Hbond substituents is 1. The first kappa shape index (κ1) is 12.0. The van der Waals surface area contributed by atoms with Crippen LogP contribution in [0.5, 0.6) is 11.5 Å². The Hall–Kier alpha value is -3.02. The second kappa shape index (κ2) is 4.27. The van der Waals surface area contributed by atoms with Gasteiger partial charge in [0.25, 0.3) is 0 Å². The minimum Gasteiger partial charge on any atom is -0.507 e. The molecule has 0 atom stereocenters. The van der Waals surface area contributed by atoms with Gasteiger partial charge in [-0.25, -0.2) is 4.79 Å². The van der Waals surface area contributed by atoms with Crippen LogP contribution in [-0.2, 0) is 0 Å². The Bertz CT molecular complexity index is 822. The number of para-hydroxylation sites is 1. The molecule has 0 amide bonds. The quantitative estimate of drug-likeness (QED) is 0.661. The van der Waals surface area contributed by atoms with Crippen molar-refractivity contribution in [1.29, 1.82) is 0 Å². The maximum absolute atomic E-state index is 11.0. The maximum atomic E-state index is 11.0. The van der Waals surface area contributed by atoms with Crippen molar-refractivity contribution in [1.82, 2.24) is 5.16 Å². The second-order valence-electron chi connectivity index (χ2n) is 4.22. The Balaban J connectivity index is 2.29. The summed E-state index contributed by atoms with van der Waals surface area (Å²) in [5.74, 6) is -2.07. The van der Waals surface area contributed by atoms with E-state index in [1.54, 1.807) is 24.3 Å². The van der Waals surface area contributed by atoms with Crippen molar-refractivity contribution in [2.75, 3.05) is 0 Å². The van der Waals surface area contributed by atoms with Crippen molar-refractivity contribution in [2.24, 2.45) is 0 Å². The third-order valence-corrected chi connectivity index (χ3v) is 2.98. The second-order valence-corrected chi connectivity index (χ2v) is 4.22. The Labute approximate surface area is 112 Å². The molecule has 0 saturated carbocycles. The summed E-state index contributed by atoms with van der Waals surface area (Å²) in [6.07, 6.45) is 0. The van der Waals surface area contributed by atoms with E-state index in [9.17, 15) is 15.0 Å². The molecule has 0 spiro atoms. The van der Waals surface area contributed by atoms with Crippen molar-refractivity contribution in [2.45, 2.75) is 0 Å². The Morgan fingerprint density at radius 3 is 2.60 bits per heavy atom. The molecule has 1 heterocycles. The van der Waals surface area contributed by atoms with Crippen molar-refractivity contribution < 1.29 is 24.6 Å². The van der Waals surface area contributed by atoms with Crippen LogP contribution in [0.15, 0.2) is 40.9 Å². The molecule has 1 aromatic heterocycles. The number of carboxylic acid groups (broad SMARTS) is 1. The average molecular weight is 271 g/mol. The predicted octanol–water partition coefficient (Wildman–Crippen LogP) is 2.60. The van der Waals surface area contributed by atoms with Gasteiger partial charge in [-0.05, 0) is 18.2 Å². The van der Waals surface area contributed by atoms with Gasteiger partial charge < -0.3 is 19.8 Å². The molecule has 0 bridgehead atoms. The Morgan fingerprint density at radius 1 is 1.10 bits per heavy atom. The van der Waals surface area contributed by atoms with Crippen LogP contribution in [0.1, 0.15) is 10.4 Å². The van der Waals surface area contributed by atoms with Crippen molar-refractivity contribution >= 4 is 16.9 Å². The number of nitrogens with zero attached hydrogens (tertiary/aromatic N) is 1. The van der Waals surface area contributed by atoms with E-state index in [2.05, 4.69) is 5.16 Å². The summed E-state index contributed by atoms with van der Waals surface area (Å²) in [5.41, 5.74) is 0.711. The van der Waals surface area contributed by atoms with Crippen molar-refractivity contribution in [3.8, 4) is 22.8 Å². The molecule has 3 aromatic rings. The number of carboxylic acids is 1. The minimum absolute atomic E-state index is 0.185. The van der Waals surface area contributed by atoms with Crippen LogP contribution in [0.4, 0.5) is 0 Å². The molecule has 0 unspecified atom stereocenters. The van der Waals surface area contributed by atoms with Gasteiger partial charge in [0.1, 0.15) is 22.8 Å². The summed E-state index contributed by atoms with van der Waals surface area (Å²) >= 11 is 0. The molecular formula is C14H9NO5. The number of carbonyl (C=O) groups is 1. The zero-order valence-corrected chi connectivity index (χ0v) is 10.1. The monoisotopic (exact) mass is 271 g/mol. The number of benzene rings is 2. The van der Waals surface area contributed by atoms with Crippen LogP contribution in [0.2, 0.25) is 0 Å². The molecule has 100 valence electrons. The lowest BCUT2D eigenvalue weighted by Crippen LogP contribution is -1.97. The van der Waals surface area contributed by atoms with Crippen LogP contribution < -0.4 is 0 Å². The highest BCUT2D eigenvalue weighted by atomic mass is 16.5. The van der Waals surface area contributed by atoms with Crippen LogP contribution >= 0.6 is 0 Å². The molecule has 3 N–H and O–H groups in total. The Morgan fingerprint density at radius 2 is 1.85 bits per heavy atom. The molecule has 3 rings (SSSR count). The number of hydrogen-bond acceptors (Lipinski definition) is 5. The van der Waals surface area contributed by atoms with E-state index in [0.29, 0.717) is 16.7 Å². The first-order valence-corrected chi connectivity index (χ1v) is 5.72. The molecular weight excluding hydrogens is 262 g/mol. The lowest BCUT2D eigenvalue weighted by Gasteiger charge is -2.05. The van der Waals surface area contributed by atoms with Crippen LogP contribution in [-0.4, -0.2) is 26.4 Å². The SMILES string of the molecule is O=C(O)c1cc(-c2noc3ccccc23)c(O)cc1O. The molecule has 2 aromatic carbocycles. The molecule has 0 aliphatic carbocycles. The van der Waals surface area contributed by atoms with Gasteiger partial charge in [0.2, 0.25) is 0 Å². The van der Waals surface area contributed by atoms with Gasteiger partial charge in [-0.1, -0.05) is 17.3 Å². The van der Waals surface area contributed by atoms with E-state index in [0.717, 1.165) is 12.1 Å². The van der Waals surface area contributed by atoms with E-state index in [1.807, 2.05) is 0 Å². The topological polar surface area (TPSA) is 104 Å². The molecule has 0 fully saturated rings. The van der Waals surface area contributed by atoms with Gasteiger partial charge >= 0.3 is 5.97 Å². The van der Waals surface area contributed by atoms with E-state index in [-0.39, 0.29) is 16.9 Å². The van der Waals surface area contributed by atoms with E-state index in [1.165, 1.54) is 0 Å². The molecule has 0 radical (unpaired) electrons. The summed E-state index contributed by atoms with van der Waals surface area (Å²) in [6, 6.07) is 9.14. The number of aromatic carboxylic acids is 1. The third-order valence-electron chi connectivity index (χ3n) is 2.98. The van der Waals surface area contributed by atoms with Gasteiger partial charge in [-0.2, -0.15) is 0 Å². The zero-order chi connectivity index (χ0) is 14.3. The zero-order valence-electron chi connectivity index (χ0n) is 10.1. The van der Waals surface area contributed by atoms with Crippen LogP contribution in [0.25, 0.3) is 22.2 Å². The lowest BCUT2D eigenvalue weighted by molar-refractivity contribution is 0.0694. The summed E-state index contributed by atoms with van der Waals surface area (Å²) in [6.45, 7) is 0. The number of aromatic hydroxyl groups is 2. The number of aromatic nitrogens is 1. The molecule has 20 heavy (non-hydrogen) atoms. The number of fused-ring (bicyclic) bond motifs is 1. The molecule has 0 saturated heterocycles. The first-order chi connectivity index (χ1) is 9.58. The highest BCUT2D eigenvalue weighted by Crippen LogP contribution is 2.37. The fourth-order valence-electron chi connectivity index (χ4n) is 2.02. The summed E-state index contributed by atoms with van der Waals surface area (Å²) < 4.78 is 5.12. The Kier molecular flexibility index (Phi) is 2.57. The highest BCUT2D eigenvalue weighted by Gasteiger charge is 2.19. The smallest absolute Gasteiger partial charge is 0.339 e. The molecule has 0 aliphatic heterocycles. The largest absolute Gasteiger partial charge is 0.507 e. The van der Waals surface area contributed by atoms with E-state index in [4.69, 9.17) is 9.63 Å². The first-order valence-electron chi connectivity index (χ1n) is 5.72. The van der Waals surface area contributed by atoms with E-state index >= 15 is 0 Å². The lowest BCUT2D eigenvalue weighted by atomic mass is 10.0. The summed E-state index contributed by atoms with van der Waals surface area (Å²) in [5, 5.41) is 32.9. The van der Waals surface area contributed by atoms with Gasteiger partial charge in [-0.3, -0.25) is 0 Å². The fraction of sp³-hybridized carbons (Fsp3) is 0. The fourth-order valence-corrected chi connectivity index (χ4v) is 2.02. The van der Waals surface area contributed by atoms with Crippen molar-refractivity contribution in [3.63, 3.8) is 0 Å². The summed E-state index contributed by atoms with van der Waals surface area (Å²) in [7, 11) is 0. The van der Waals surface area contributed by atoms with Gasteiger partial charge in [0, 0.05) is 17.0 Å². The number of phenols is 2. The molecule has 0 aliphatic rings. The standard InChI is InChI=1S/C14H9NO5/c16-10-6-11(17)9(14(18)19)5-8(10)13-7-3-1-2-4-12(7)20-15-13/h1-6,16-17H,(H,18,19). The minimum atomic E-state index is -1.29.